The smallest absolute Gasteiger partial charge is 0.0704 e. The largest absolute Gasteiger partial charge is 0.372 e. The molecule has 2 atom stereocenters. The lowest BCUT2D eigenvalue weighted by Crippen LogP contribution is -2.32. The molecule has 0 saturated carbocycles. The Balaban J connectivity index is 1.13. The van der Waals surface area contributed by atoms with Gasteiger partial charge in [0, 0.05) is 38.9 Å². The quantitative estimate of drug-likeness (QED) is 0.130. The van der Waals surface area contributed by atoms with E-state index in [4.69, 9.17) is 4.74 Å². The predicted molar refractivity (Wildman–Crippen MR) is 157 cm³/mol. The topological polar surface area (TPSA) is 94.3 Å². The Labute approximate surface area is 230 Å². The summed E-state index contributed by atoms with van der Waals surface area (Å²) in [5, 5.41) is 20.9. The zero-order chi connectivity index (χ0) is 26.5. The molecule has 1 aromatic carbocycles. The van der Waals surface area contributed by atoms with Gasteiger partial charge in [0.1, 0.15) is 0 Å². The normalized spacial score (nSPS) is 17.3. The van der Waals surface area contributed by atoms with Gasteiger partial charge in [0.05, 0.1) is 17.9 Å². The third kappa shape index (κ3) is 13.8. The number of pyridine rings is 1. The highest BCUT2D eigenvalue weighted by molar-refractivity contribution is 5.23. The van der Waals surface area contributed by atoms with Gasteiger partial charge in [0.2, 0.25) is 0 Å². The van der Waals surface area contributed by atoms with Gasteiger partial charge < -0.3 is 36.6 Å². The summed E-state index contributed by atoms with van der Waals surface area (Å²) in [6.07, 6.45) is 8.32. The number of hydrogen-bond acceptors (Lipinski definition) is 8. The summed E-state index contributed by atoms with van der Waals surface area (Å²) in [6, 6.07) is 14.9. The fraction of sp³-hybridized carbons (Fsp3) is 0.633. The van der Waals surface area contributed by atoms with Gasteiger partial charge in [0.25, 0.3) is 0 Å². The number of nitrogens with zero attached hydrogens (tertiary/aromatic N) is 1. The summed E-state index contributed by atoms with van der Waals surface area (Å²) >= 11 is 0. The molecular weight excluding hydrogens is 474 g/mol. The maximum absolute atomic E-state index is 6.17. The van der Waals surface area contributed by atoms with Crippen LogP contribution in [0.1, 0.15) is 48.9 Å². The van der Waals surface area contributed by atoms with Crippen LogP contribution in [0.3, 0.4) is 0 Å². The second-order valence-electron chi connectivity index (χ2n) is 10.2. The minimum Gasteiger partial charge on any atom is -0.372 e. The zero-order valence-corrected chi connectivity index (χ0v) is 23.4. The molecule has 1 saturated heterocycles. The van der Waals surface area contributed by atoms with E-state index in [1.807, 2.05) is 25.4 Å². The van der Waals surface area contributed by atoms with Crippen molar-refractivity contribution in [3.05, 3.63) is 65.5 Å². The number of ether oxygens (including phenoxy) is 1. The van der Waals surface area contributed by atoms with Crippen LogP contribution in [-0.4, -0.2) is 76.6 Å². The van der Waals surface area contributed by atoms with Crippen LogP contribution in [0.15, 0.2) is 48.7 Å². The van der Waals surface area contributed by atoms with E-state index in [0.717, 1.165) is 96.9 Å². The van der Waals surface area contributed by atoms with Crippen LogP contribution in [0.2, 0.25) is 0 Å². The van der Waals surface area contributed by atoms with Gasteiger partial charge >= 0.3 is 0 Å². The second-order valence-corrected chi connectivity index (χ2v) is 10.2. The van der Waals surface area contributed by atoms with E-state index >= 15 is 0 Å². The van der Waals surface area contributed by atoms with Gasteiger partial charge in [-0.05, 0) is 102 Å². The summed E-state index contributed by atoms with van der Waals surface area (Å²) in [5.74, 6) is 0. The zero-order valence-electron chi connectivity index (χ0n) is 23.4. The molecule has 3 rings (SSSR count). The Morgan fingerprint density at radius 2 is 1.26 bits per heavy atom. The Morgan fingerprint density at radius 3 is 1.84 bits per heavy atom. The SMILES string of the molecule is CNCCCNCC1CCC(CNCCCNCc2cccc(CNCCCNCc3ccccn3)c2)O1. The van der Waals surface area contributed by atoms with Gasteiger partial charge in [-0.1, -0.05) is 30.3 Å². The van der Waals surface area contributed by atoms with E-state index in [-0.39, 0.29) is 0 Å². The van der Waals surface area contributed by atoms with E-state index in [2.05, 4.69) is 67.2 Å². The fourth-order valence-electron chi connectivity index (χ4n) is 4.71. The molecule has 0 spiro atoms. The molecule has 1 fully saturated rings. The Kier molecular flexibility index (Phi) is 16.2. The molecule has 2 heterocycles. The monoisotopic (exact) mass is 525 g/mol. The number of hydrogen-bond donors (Lipinski definition) is 6. The summed E-state index contributed by atoms with van der Waals surface area (Å²) < 4.78 is 6.17. The van der Waals surface area contributed by atoms with E-state index in [1.165, 1.54) is 24.0 Å². The maximum Gasteiger partial charge on any atom is 0.0704 e. The molecule has 0 aliphatic carbocycles. The van der Waals surface area contributed by atoms with Crippen LogP contribution in [0, 0.1) is 0 Å². The minimum atomic E-state index is 0.367. The van der Waals surface area contributed by atoms with Crippen molar-refractivity contribution in [3.63, 3.8) is 0 Å². The van der Waals surface area contributed by atoms with E-state index in [0.29, 0.717) is 12.2 Å². The molecule has 1 aliphatic heterocycles. The van der Waals surface area contributed by atoms with Gasteiger partial charge in [-0.15, -0.1) is 0 Å². The molecule has 8 heteroatoms. The molecule has 38 heavy (non-hydrogen) atoms. The molecule has 0 radical (unpaired) electrons. The molecular formula is C30H51N7O. The number of benzene rings is 1. The lowest BCUT2D eigenvalue weighted by Gasteiger charge is -2.15. The van der Waals surface area contributed by atoms with Crippen LogP contribution >= 0.6 is 0 Å². The highest BCUT2D eigenvalue weighted by Crippen LogP contribution is 2.18. The standard InChI is InChI=1S/C30H51N7O/c1-31-13-5-14-35-24-29-11-12-30(38-29)25-36-18-7-16-33-22-27-9-4-8-26(20-27)21-32-15-6-17-34-23-28-10-2-3-19-37-28/h2-4,8-10,19-20,29-36H,5-7,11-18,21-25H2,1H3. The van der Waals surface area contributed by atoms with Crippen molar-refractivity contribution in [3.8, 4) is 0 Å². The first kappa shape index (κ1) is 30.6. The van der Waals surface area contributed by atoms with Gasteiger partial charge in [-0.2, -0.15) is 0 Å². The lowest BCUT2D eigenvalue weighted by atomic mass is 10.1. The second kappa shape index (κ2) is 20.1. The van der Waals surface area contributed by atoms with E-state index in [1.54, 1.807) is 0 Å². The fourth-order valence-corrected chi connectivity index (χ4v) is 4.71. The summed E-state index contributed by atoms with van der Waals surface area (Å²) in [4.78, 5) is 4.34. The first-order chi connectivity index (χ1) is 18.8. The molecule has 212 valence electrons. The molecule has 1 aliphatic rings. The summed E-state index contributed by atoms with van der Waals surface area (Å²) in [7, 11) is 2.00. The van der Waals surface area contributed by atoms with Crippen molar-refractivity contribution < 1.29 is 4.74 Å². The van der Waals surface area contributed by atoms with Crippen molar-refractivity contribution in [2.75, 3.05) is 59.4 Å². The van der Waals surface area contributed by atoms with E-state index in [9.17, 15) is 0 Å². The van der Waals surface area contributed by atoms with Crippen LogP contribution in [0.5, 0.6) is 0 Å². The van der Waals surface area contributed by atoms with Crippen molar-refractivity contribution in [1.82, 2.24) is 36.9 Å². The van der Waals surface area contributed by atoms with Crippen molar-refractivity contribution in [2.24, 2.45) is 0 Å². The van der Waals surface area contributed by atoms with Crippen LogP contribution < -0.4 is 31.9 Å². The molecule has 6 N–H and O–H groups in total. The van der Waals surface area contributed by atoms with Crippen LogP contribution in [-0.2, 0) is 24.4 Å². The van der Waals surface area contributed by atoms with Gasteiger partial charge in [-0.25, -0.2) is 0 Å². The van der Waals surface area contributed by atoms with Crippen molar-refractivity contribution in [2.45, 2.75) is 63.9 Å². The Bertz CT molecular complexity index is 838. The van der Waals surface area contributed by atoms with Crippen molar-refractivity contribution >= 4 is 0 Å². The van der Waals surface area contributed by atoms with Gasteiger partial charge in [-0.3, -0.25) is 4.98 Å². The number of nitrogens with one attached hydrogen (secondary N) is 6. The molecule has 2 aromatic rings. The van der Waals surface area contributed by atoms with Crippen LogP contribution in [0.25, 0.3) is 0 Å². The first-order valence-corrected chi connectivity index (χ1v) is 14.6. The highest BCUT2D eigenvalue weighted by atomic mass is 16.5. The molecule has 8 nitrogen and oxygen atoms in total. The average Bonchev–Trinajstić information content (AvgIpc) is 3.40. The Morgan fingerprint density at radius 1 is 0.684 bits per heavy atom. The average molecular weight is 526 g/mol. The molecule has 0 amide bonds. The maximum atomic E-state index is 6.17. The summed E-state index contributed by atoms with van der Waals surface area (Å²) in [5.41, 5.74) is 3.78. The molecule has 0 bridgehead atoms. The minimum absolute atomic E-state index is 0.367. The lowest BCUT2D eigenvalue weighted by molar-refractivity contribution is 0.0459. The van der Waals surface area contributed by atoms with Crippen molar-refractivity contribution in [1.29, 1.82) is 0 Å². The molecule has 2 unspecified atom stereocenters. The number of aromatic nitrogens is 1. The third-order valence-electron chi connectivity index (χ3n) is 6.82. The third-order valence-corrected chi connectivity index (χ3v) is 6.82. The molecule has 1 aromatic heterocycles. The summed E-state index contributed by atoms with van der Waals surface area (Å²) in [6.45, 7) is 10.8. The van der Waals surface area contributed by atoms with Crippen LogP contribution in [0.4, 0.5) is 0 Å². The predicted octanol–water partition coefficient (Wildman–Crippen LogP) is 2.17. The number of rotatable bonds is 22. The van der Waals surface area contributed by atoms with Gasteiger partial charge in [0.15, 0.2) is 0 Å². The highest BCUT2D eigenvalue weighted by Gasteiger charge is 2.24. The first-order valence-electron chi connectivity index (χ1n) is 14.6. The Hall–Kier alpha value is -1.91. The van der Waals surface area contributed by atoms with E-state index < -0.39 is 0 Å².